The van der Waals surface area contributed by atoms with Gasteiger partial charge < -0.3 is 9.88 Å². The van der Waals surface area contributed by atoms with Crippen LogP contribution in [0, 0.1) is 5.92 Å². The molecule has 2 aromatic carbocycles. The van der Waals surface area contributed by atoms with Gasteiger partial charge >= 0.3 is 0 Å². The minimum atomic E-state index is 0.252. The molecular weight excluding hydrogens is 360 g/mol. The van der Waals surface area contributed by atoms with Crippen LogP contribution in [-0.4, -0.2) is 40.4 Å². The number of H-pyrrole nitrogens is 1. The lowest BCUT2D eigenvalue weighted by Crippen LogP contribution is -2.35. The Morgan fingerprint density at radius 2 is 1.90 bits per heavy atom. The summed E-state index contributed by atoms with van der Waals surface area (Å²) < 4.78 is 0. The first-order valence-electron chi connectivity index (χ1n) is 10.8. The van der Waals surface area contributed by atoms with Crippen LogP contribution in [0.25, 0.3) is 11.0 Å². The molecule has 2 aliphatic heterocycles. The molecule has 3 heterocycles. The average Bonchev–Trinajstić information content (AvgIpc) is 3.34. The molecule has 2 saturated heterocycles. The number of benzene rings is 2. The standard InChI is InChI=1S/C24H28N4O/c29-24-8-4-14-28(24)20-11-9-18(10-12-20)16-27-13-3-5-19(17-27)15-23-25-21-6-1-2-7-22(21)26-23/h1-2,6-7,9-12,19H,3-5,8,13-17H2,(H,25,26)/t19-/m1/s1. The van der Waals surface area contributed by atoms with Crippen LogP contribution in [0.2, 0.25) is 0 Å². The second-order valence-electron chi connectivity index (χ2n) is 8.46. The largest absolute Gasteiger partial charge is 0.342 e. The highest BCUT2D eigenvalue weighted by Gasteiger charge is 2.23. The van der Waals surface area contributed by atoms with E-state index in [1.807, 2.05) is 11.0 Å². The molecular formula is C24H28N4O. The monoisotopic (exact) mass is 388 g/mol. The number of aromatic nitrogens is 2. The minimum Gasteiger partial charge on any atom is -0.342 e. The first kappa shape index (κ1) is 18.4. The van der Waals surface area contributed by atoms with E-state index < -0.39 is 0 Å². The Balaban J connectivity index is 1.20. The number of carbonyl (C=O) groups excluding carboxylic acids is 1. The molecule has 29 heavy (non-hydrogen) atoms. The van der Waals surface area contributed by atoms with Crippen molar-refractivity contribution in [2.45, 2.75) is 38.6 Å². The number of nitrogens with zero attached hydrogens (tertiary/aromatic N) is 3. The first-order chi connectivity index (χ1) is 14.2. The van der Waals surface area contributed by atoms with Gasteiger partial charge in [0.2, 0.25) is 5.91 Å². The topological polar surface area (TPSA) is 52.2 Å². The lowest BCUT2D eigenvalue weighted by molar-refractivity contribution is -0.117. The predicted molar refractivity (Wildman–Crippen MR) is 116 cm³/mol. The number of aromatic amines is 1. The van der Waals surface area contributed by atoms with E-state index in [1.54, 1.807) is 0 Å². The third-order valence-corrected chi connectivity index (χ3v) is 6.25. The van der Waals surface area contributed by atoms with Crippen LogP contribution in [0.1, 0.15) is 37.1 Å². The molecule has 1 atom stereocenters. The van der Waals surface area contributed by atoms with Crippen molar-refractivity contribution < 1.29 is 4.79 Å². The van der Waals surface area contributed by atoms with Gasteiger partial charge in [-0.15, -0.1) is 0 Å². The summed E-state index contributed by atoms with van der Waals surface area (Å²) in [7, 11) is 0. The van der Waals surface area contributed by atoms with E-state index in [0.717, 1.165) is 61.6 Å². The molecule has 0 aliphatic carbocycles. The zero-order chi connectivity index (χ0) is 19.6. The lowest BCUT2D eigenvalue weighted by atomic mass is 9.94. The number of para-hydroxylation sites is 2. The molecule has 1 aromatic heterocycles. The fourth-order valence-corrected chi connectivity index (χ4v) is 4.80. The van der Waals surface area contributed by atoms with Crippen LogP contribution < -0.4 is 4.90 Å². The second kappa shape index (κ2) is 7.99. The molecule has 0 unspecified atom stereocenters. The van der Waals surface area contributed by atoms with Gasteiger partial charge in [0.1, 0.15) is 5.82 Å². The summed E-state index contributed by atoms with van der Waals surface area (Å²) in [4.78, 5) is 24.6. The van der Waals surface area contributed by atoms with Crippen molar-refractivity contribution in [1.29, 1.82) is 0 Å². The van der Waals surface area contributed by atoms with E-state index in [-0.39, 0.29) is 5.91 Å². The van der Waals surface area contributed by atoms with Crippen LogP contribution in [-0.2, 0) is 17.8 Å². The van der Waals surface area contributed by atoms with Crippen molar-refractivity contribution in [3.05, 3.63) is 59.9 Å². The number of amides is 1. The Bertz CT molecular complexity index is 961. The number of nitrogens with one attached hydrogen (secondary N) is 1. The van der Waals surface area contributed by atoms with Gasteiger partial charge in [-0.2, -0.15) is 0 Å². The van der Waals surface area contributed by atoms with Crippen LogP contribution in [0.3, 0.4) is 0 Å². The number of likely N-dealkylation sites (tertiary alicyclic amines) is 1. The number of anilines is 1. The summed E-state index contributed by atoms with van der Waals surface area (Å²) in [5, 5.41) is 0. The maximum Gasteiger partial charge on any atom is 0.227 e. The molecule has 0 spiro atoms. The fraction of sp³-hybridized carbons (Fsp3) is 0.417. The summed E-state index contributed by atoms with van der Waals surface area (Å²) >= 11 is 0. The Morgan fingerprint density at radius 3 is 2.69 bits per heavy atom. The first-order valence-corrected chi connectivity index (χ1v) is 10.8. The van der Waals surface area contributed by atoms with Crippen molar-refractivity contribution in [3.8, 4) is 0 Å². The van der Waals surface area contributed by atoms with Crippen LogP contribution in [0.4, 0.5) is 5.69 Å². The zero-order valence-electron chi connectivity index (χ0n) is 16.8. The third kappa shape index (κ3) is 4.06. The van der Waals surface area contributed by atoms with Crippen LogP contribution in [0.15, 0.2) is 48.5 Å². The van der Waals surface area contributed by atoms with Crippen molar-refractivity contribution in [2.75, 3.05) is 24.5 Å². The lowest BCUT2D eigenvalue weighted by Gasteiger charge is -2.32. The van der Waals surface area contributed by atoms with Gasteiger partial charge in [-0.25, -0.2) is 4.98 Å². The van der Waals surface area contributed by atoms with Crippen LogP contribution >= 0.6 is 0 Å². The van der Waals surface area contributed by atoms with Gasteiger partial charge in [0.15, 0.2) is 0 Å². The van der Waals surface area contributed by atoms with Crippen molar-refractivity contribution >= 4 is 22.6 Å². The highest BCUT2D eigenvalue weighted by Crippen LogP contribution is 2.25. The quantitative estimate of drug-likeness (QED) is 0.715. The molecule has 5 rings (SSSR count). The maximum atomic E-state index is 11.9. The Morgan fingerprint density at radius 1 is 1.03 bits per heavy atom. The third-order valence-electron chi connectivity index (χ3n) is 6.25. The number of carbonyl (C=O) groups is 1. The number of fused-ring (bicyclic) bond motifs is 1. The molecule has 1 amide bonds. The molecule has 150 valence electrons. The molecule has 5 heteroatoms. The van der Waals surface area contributed by atoms with Gasteiger partial charge in [0, 0.05) is 38.2 Å². The maximum absolute atomic E-state index is 11.9. The Kier molecular flexibility index (Phi) is 5.06. The van der Waals surface area contributed by atoms with E-state index in [0.29, 0.717) is 12.3 Å². The average molecular weight is 389 g/mol. The molecule has 2 aliphatic rings. The van der Waals surface area contributed by atoms with Crippen LogP contribution in [0.5, 0.6) is 0 Å². The number of rotatable bonds is 5. The molecule has 0 saturated carbocycles. The van der Waals surface area contributed by atoms with E-state index in [4.69, 9.17) is 4.98 Å². The summed E-state index contributed by atoms with van der Waals surface area (Å²) in [6.07, 6.45) is 5.18. The van der Waals surface area contributed by atoms with E-state index in [9.17, 15) is 4.79 Å². The van der Waals surface area contributed by atoms with Gasteiger partial charge in [-0.05, 0) is 61.6 Å². The number of imidazole rings is 1. The van der Waals surface area contributed by atoms with Gasteiger partial charge in [0.05, 0.1) is 11.0 Å². The van der Waals surface area contributed by atoms with Gasteiger partial charge in [-0.3, -0.25) is 9.69 Å². The Labute approximate surface area is 171 Å². The second-order valence-corrected chi connectivity index (χ2v) is 8.46. The van der Waals surface area contributed by atoms with E-state index in [2.05, 4.69) is 52.3 Å². The molecule has 5 nitrogen and oxygen atoms in total. The normalized spacial score (nSPS) is 20.6. The summed E-state index contributed by atoms with van der Waals surface area (Å²) in [5.74, 6) is 2.01. The van der Waals surface area contributed by atoms with E-state index in [1.165, 1.54) is 18.4 Å². The molecule has 3 aromatic rings. The SMILES string of the molecule is O=C1CCCN1c1ccc(CN2CCC[C@H](Cc3nc4ccccc4[nH]3)C2)cc1. The molecule has 0 radical (unpaired) electrons. The predicted octanol–water partition coefficient (Wildman–Crippen LogP) is 4.14. The number of hydrogen-bond donors (Lipinski definition) is 1. The van der Waals surface area contributed by atoms with Gasteiger partial charge in [-0.1, -0.05) is 24.3 Å². The molecule has 0 bridgehead atoms. The molecule has 2 fully saturated rings. The number of piperidine rings is 1. The number of hydrogen-bond acceptors (Lipinski definition) is 3. The minimum absolute atomic E-state index is 0.252. The zero-order valence-corrected chi connectivity index (χ0v) is 16.8. The fourth-order valence-electron chi connectivity index (χ4n) is 4.80. The molecule has 1 N–H and O–H groups in total. The summed E-state index contributed by atoms with van der Waals surface area (Å²) in [5.41, 5.74) is 4.56. The summed E-state index contributed by atoms with van der Waals surface area (Å²) in [6, 6.07) is 16.8. The van der Waals surface area contributed by atoms with E-state index >= 15 is 0 Å². The highest BCUT2D eigenvalue weighted by molar-refractivity contribution is 5.95. The van der Waals surface area contributed by atoms with Crippen molar-refractivity contribution in [1.82, 2.24) is 14.9 Å². The van der Waals surface area contributed by atoms with Crippen molar-refractivity contribution in [3.63, 3.8) is 0 Å². The summed E-state index contributed by atoms with van der Waals surface area (Å²) in [6.45, 7) is 4.10. The smallest absolute Gasteiger partial charge is 0.227 e. The van der Waals surface area contributed by atoms with Crippen molar-refractivity contribution in [2.24, 2.45) is 5.92 Å². The Hall–Kier alpha value is -2.66. The van der Waals surface area contributed by atoms with Gasteiger partial charge in [0.25, 0.3) is 0 Å². The highest BCUT2D eigenvalue weighted by atomic mass is 16.2.